The van der Waals surface area contributed by atoms with Gasteiger partial charge in [0.25, 0.3) is 0 Å². The molecule has 0 saturated heterocycles. The Balaban J connectivity index is -0.000000242. The summed E-state index contributed by atoms with van der Waals surface area (Å²) in [5.74, 6) is 7.16. The lowest BCUT2D eigenvalue weighted by Gasteiger charge is -2.48. The number of benzene rings is 2. The van der Waals surface area contributed by atoms with E-state index in [0.29, 0.717) is 23.5 Å². The van der Waals surface area contributed by atoms with E-state index in [4.69, 9.17) is 18.9 Å². The first-order chi connectivity index (χ1) is 53.6. The van der Waals surface area contributed by atoms with E-state index >= 15 is 0 Å². The molecule has 0 N–H and O–H groups in total. The molecule has 0 saturated carbocycles. The minimum atomic E-state index is -3.90. The van der Waals surface area contributed by atoms with Crippen molar-refractivity contribution >= 4 is 237 Å². The molecule has 0 heterocycles. The van der Waals surface area contributed by atoms with Crippen LogP contribution in [-0.4, -0.2) is 190 Å². The summed E-state index contributed by atoms with van der Waals surface area (Å²) in [4.78, 5) is 96.5. The van der Waals surface area contributed by atoms with Crippen LogP contribution in [0, 0.1) is 0 Å². The summed E-state index contributed by atoms with van der Waals surface area (Å²) >= 11 is 14.1. The molecule has 2 rings (SSSR count). The highest BCUT2D eigenvalue weighted by molar-refractivity contribution is 8.23. The van der Waals surface area contributed by atoms with Gasteiger partial charge in [0.1, 0.15) is 11.5 Å². The summed E-state index contributed by atoms with van der Waals surface area (Å²) in [6.07, 6.45) is 0. The van der Waals surface area contributed by atoms with Crippen molar-refractivity contribution in [3.8, 4) is 11.5 Å². The normalized spacial score (nSPS) is 12.2. The Labute approximate surface area is 786 Å². The van der Waals surface area contributed by atoms with Crippen molar-refractivity contribution in [1.82, 2.24) is 0 Å². The fourth-order valence-corrected chi connectivity index (χ4v) is 33.1. The molecule has 0 aromatic heterocycles. The number of thioether (sulfide) groups is 10. The Hall–Kier alpha value is 0.302. The molecule has 0 aliphatic rings. The van der Waals surface area contributed by atoms with E-state index in [1.54, 1.807) is 55.4 Å². The van der Waals surface area contributed by atoms with Gasteiger partial charge in [-0.2, -0.15) is 11.8 Å². The van der Waals surface area contributed by atoms with E-state index in [9.17, 15) is 51.4 Å². The number of carbonyl (C=O) groups is 9. The van der Waals surface area contributed by atoms with E-state index in [1.807, 2.05) is 60.3 Å². The Morgan fingerprint density at radius 2 is 0.675 bits per heavy atom. The summed E-state index contributed by atoms with van der Waals surface area (Å²) in [6.45, 7) is 92.2. The summed E-state index contributed by atoms with van der Waals surface area (Å²) in [7, 11) is -12.1. The van der Waals surface area contributed by atoms with Crippen LogP contribution in [0.5, 0.6) is 11.5 Å². The van der Waals surface area contributed by atoms with Crippen LogP contribution in [0.25, 0.3) is 0 Å². The SMILES string of the molecule is CC(=O)SC(C)(C)C(C)(C)[Si](C)(C)C.CC(=O)SC(C)(C)C[Si](C)(C)C.CC(=O)SCC(C)(C)[Si](C)(C)C.CC(=O)SCC[Si](C)(C)C.CC(=O)SCC[Si](C)(F)F.CC(=O)SCOCC[Si](C)(C)C.CC(=O)SCSCC[Si](C)(C)C.CC(=O)SCc1ccc(OCC[Si](C)(C)C)cc1.CC(=O)SCc1ccc(OCOCC[Si](C)(C)C)cc1. The molecular formula is C86H172F2O13S10Si9. The quantitative estimate of drug-likeness (QED) is 0.0265. The van der Waals surface area contributed by atoms with Gasteiger partial charge in [-0.1, -0.05) is 343 Å². The predicted octanol–water partition coefficient (Wildman–Crippen LogP) is 30.0. The van der Waals surface area contributed by atoms with Gasteiger partial charge in [0.15, 0.2) is 52.8 Å². The average Bonchev–Trinajstić information content (AvgIpc) is 0.777. The van der Waals surface area contributed by atoms with Gasteiger partial charge in [-0.25, -0.2) is 0 Å². The topological polar surface area (TPSA) is 191 Å². The molecular weight excluding hydrogens is 1850 g/mol. The van der Waals surface area contributed by atoms with Crippen LogP contribution < -0.4 is 9.47 Å². The van der Waals surface area contributed by atoms with Crippen LogP contribution >= 0.6 is 118 Å². The Kier molecular flexibility index (Phi) is 74.1. The third kappa shape index (κ3) is 100. The van der Waals surface area contributed by atoms with Crippen LogP contribution in [0.15, 0.2) is 48.5 Å². The Morgan fingerprint density at radius 1 is 0.342 bits per heavy atom. The zero-order valence-electron chi connectivity index (χ0n) is 83.2. The zero-order chi connectivity index (χ0) is 96.0. The van der Waals surface area contributed by atoms with E-state index in [1.165, 1.54) is 137 Å². The molecule has 0 aliphatic heterocycles. The zero-order valence-corrected chi connectivity index (χ0v) is 100. The van der Waals surface area contributed by atoms with E-state index in [0.717, 1.165) is 89.1 Å². The first-order valence-corrected chi connectivity index (χ1v) is 82.9. The largest absolute Gasteiger partial charge is 0.494 e. The second kappa shape index (κ2) is 66.6. The van der Waals surface area contributed by atoms with Gasteiger partial charge in [0, 0.05) is 168 Å². The van der Waals surface area contributed by atoms with Crippen molar-refractivity contribution < 1.29 is 70.3 Å². The van der Waals surface area contributed by atoms with Gasteiger partial charge in [0.05, 0.1) is 28.7 Å². The van der Waals surface area contributed by atoms with Gasteiger partial charge in [-0.15, -0.1) is 0 Å². The minimum absolute atomic E-state index is 0.0311. The molecule has 0 amide bonds. The maximum Gasteiger partial charge on any atom is 0.422 e. The van der Waals surface area contributed by atoms with E-state index in [2.05, 4.69) is 213 Å². The van der Waals surface area contributed by atoms with E-state index < -0.39 is 73.3 Å². The highest BCUT2D eigenvalue weighted by Crippen LogP contribution is 2.53. The lowest BCUT2D eigenvalue weighted by molar-refractivity contribution is -0.110. The number of ether oxygens (including phenoxy) is 4. The summed E-state index contributed by atoms with van der Waals surface area (Å²) in [5, 5.41) is 3.04. The number of rotatable bonds is 39. The summed E-state index contributed by atoms with van der Waals surface area (Å²) in [6, 6.07) is 23.0. The number of hydrogen-bond acceptors (Lipinski definition) is 23. The lowest BCUT2D eigenvalue weighted by Crippen LogP contribution is -2.47. The van der Waals surface area contributed by atoms with Crippen molar-refractivity contribution in [3.05, 3.63) is 59.7 Å². The number of carbonyl (C=O) groups excluding carboxylic acids is 9. The molecule has 0 unspecified atom stereocenters. The van der Waals surface area contributed by atoms with Gasteiger partial charge < -0.3 is 18.9 Å². The third-order valence-corrected chi connectivity index (χ3v) is 49.4. The molecule has 120 heavy (non-hydrogen) atoms. The maximum atomic E-state index is 12.2. The van der Waals surface area contributed by atoms with Crippen LogP contribution in [0.4, 0.5) is 8.22 Å². The minimum Gasteiger partial charge on any atom is -0.494 e. The maximum absolute atomic E-state index is 12.2. The van der Waals surface area contributed by atoms with Crippen molar-refractivity contribution in [2.45, 2.75) is 355 Å². The third-order valence-electron chi connectivity index (χ3n) is 17.7. The lowest BCUT2D eigenvalue weighted by atomic mass is 9.98. The molecule has 2 aromatic rings. The monoisotopic (exact) mass is 2020 g/mol. The second-order valence-electron chi connectivity index (χ2n) is 41.2. The van der Waals surface area contributed by atoms with E-state index in [-0.39, 0.29) is 72.4 Å². The van der Waals surface area contributed by atoms with Gasteiger partial charge in [-0.3, -0.25) is 51.4 Å². The molecule has 13 nitrogen and oxygen atoms in total. The van der Waals surface area contributed by atoms with Crippen LogP contribution in [0.3, 0.4) is 0 Å². The molecule has 34 heteroatoms. The molecule has 704 valence electrons. The molecule has 0 fully saturated rings. The van der Waals surface area contributed by atoms with Gasteiger partial charge in [0.2, 0.25) is 0 Å². The van der Waals surface area contributed by atoms with Crippen molar-refractivity contribution in [1.29, 1.82) is 0 Å². The van der Waals surface area contributed by atoms with Crippen molar-refractivity contribution in [2.24, 2.45) is 0 Å². The second-order valence-corrected chi connectivity index (χ2v) is 102. The fraction of sp³-hybridized carbons (Fsp3) is 0.756. The smallest absolute Gasteiger partial charge is 0.422 e. The van der Waals surface area contributed by atoms with Crippen molar-refractivity contribution in [2.75, 3.05) is 60.6 Å². The Bertz CT molecular complexity index is 3110. The number of hydrogen-bond donors (Lipinski definition) is 0. The van der Waals surface area contributed by atoms with Crippen LogP contribution in [0.1, 0.15) is 129 Å². The molecule has 0 atom stereocenters. The Morgan fingerprint density at radius 3 is 0.992 bits per heavy atom. The fourth-order valence-electron chi connectivity index (χ4n) is 8.35. The highest BCUT2D eigenvalue weighted by Gasteiger charge is 2.47. The van der Waals surface area contributed by atoms with Gasteiger partial charge in [-0.05, 0) is 99.8 Å². The van der Waals surface area contributed by atoms with Crippen LogP contribution in [-0.2, 0) is 64.1 Å². The highest BCUT2D eigenvalue weighted by atomic mass is 32.2. The standard InChI is InChI=1S/C15H24O3SSi.C14H22O2SSi.C11H24OSSi.2C9H20OSSi.C8H18O2SSi.C8H18OS2Si.C7H16OSSi.C5H10F2OSSi/c1-13(16)19-11-14-5-7-15(8-6-14)18-12-17-9-10-20(2,3)4;1-12(15)17-11-13-5-7-14(8-6-13)16-9-10-18(2,3)4;1-9(12)13-10(2,3)11(4,5)14(6,7)8;1-8(10)11-9(2,3)7-12(4,5)6;1-8(10)11-7-9(2,3)12(4,5)6;2*1-8(9)11-7-10-5-6-12(2,3)4;1-7(8)9-5-6-10(2,3)4;1-5(8)9-3-4-10(2,6)7/h5-8H,9-12H2,1-4H3;5-8H,9-11H2,1-4H3;1-8H3;2*7H2,1-6H3;2*5-7H2,1-4H3;5-6H2,1-4H3;3-4H2,1-2H3. The number of halogens is 2. The first-order valence-electron chi connectivity index (χ1n) is 41.5. The molecule has 2 aromatic carbocycles. The molecule has 0 aliphatic carbocycles. The summed E-state index contributed by atoms with van der Waals surface area (Å²) < 4.78 is 46.6. The predicted molar refractivity (Wildman–Crippen MR) is 575 cm³/mol. The first kappa shape index (κ1) is 133. The summed E-state index contributed by atoms with van der Waals surface area (Å²) in [5.41, 5.74) is 2.28. The van der Waals surface area contributed by atoms with Crippen LogP contribution in [0.2, 0.25) is 216 Å². The van der Waals surface area contributed by atoms with Gasteiger partial charge >= 0.3 is 8.74 Å². The van der Waals surface area contributed by atoms with Crippen molar-refractivity contribution in [3.63, 3.8) is 0 Å². The average molecular weight is 2030 g/mol. The molecule has 0 bridgehead atoms. The molecule has 0 spiro atoms. The molecule has 0 radical (unpaired) electrons.